The first kappa shape index (κ1) is 18.4. The number of benzene rings is 2. The third-order valence-electron chi connectivity index (χ3n) is 3.07. The molecule has 7 heteroatoms. The van der Waals surface area contributed by atoms with Gasteiger partial charge in [-0.05, 0) is 70.5 Å². The molecular formula is C17H17BrN2O3S. The number of nitrogens with one attached hydrogen (secondary N) is 2. The highest BCUT2D eigenvalue weighted by molar-refractivity contribution is 9.10. The summed E-state index contributed by atoms with van der Waals surface area (Å²) in [6.07, 6.45) is 0. The van der Waals surface area contributed by atoms with E-state index in [1.54, 1.807) is 30.3 Å². The molecule has 0 aromatic heterocycles. The van der Waals surface area contributed by atoms with Gasteiger partial charge >= 0.3 is 0 Å². The number of anilines is 1. The number of ether oxygens (including phenoxy) is 1. The maximum Gasteiger partial charge on any atom is 0.264 e. The van der Waals surface area contributed by atoms with E-state index in [1.807, 2.05) is 19.1 Å². The van der Waals surface area contributed by atoms with E-state index in [4.69, 9.17) is 22.1 Å². The molecule has 0 saturated carbocycles. The minimum atomic E-state index is -0.363. The van der Waals surface area contributed by atoms with Crippen LogP contribution in [0.25, 0.3) is 0 Å². The number of halogens is 1. The monoisotopic (exact) mass is 408 g/mol. The van der Waals surface area contributed by atoms with E-state index in [2.05, 4.69) is 26.6 Å². The van der Waals surface area contributed by atoms with E-state index >= 15 is 0 Å². The zero-order valence-corrected chi connectivity index (χ0v) is 15.4. The molecule has 126 valence electrons. The van der Waals surface area contributed by atoms with Crippen molar-refractivity contribution < 1.29 is 14.6 Å². The van der Waals surface area contributed by atoms with Crippen LogP contribution in [0.3, 0.4) is 0 Å². The van der Waals surface area contributed by atoms with Crippen molar-refractivity contribution in [3.8, 4) is 5.75 Å². The van der Waals surface area contributed by atoms with E-state index in [0.29, 0.717) is 11.4 Å². The van der Waals surface area contributed by atoms with E-state index in [1.165, 1.54) is 0 Å². The quantitative estimate of drug-likeness (QED) is 0.662. The van der Waals surface area contributed by atoms with Crippen molar-refractivity contribution in [2.45, 2.75) is 13.5 Å². The van der Waals surface area contributed by atoms with Gasteiger partial charge < -0.3 is 15.2 Å². The molecule has 0 unspecified atom stereocenters. The molecule has 0 fully saturated rings. The number of amides is 1. The zero-order valence-electron chi connectivity index (χ0n) is 13.0. The standard InChI is InChI=1S/C17H17BrN2O3S/c1-11-5-6-15(14(18)7-11)23-10-16(22)20-17(24)19-13-4-2-3-12(8-13)9-21/h2-8,21H,9-10H2,1H3,(H2,19,20,22,24). The molecule has 0 aliphatic rings. The summed E-state index contributed by atoms with van der Waals surface area (Å²) in [5, 5.41) is 14.7. The van der Waals surface area contributed by atoms with Gasteiger partial charge in [0.2, 0.25) is 0 Å². The summed E-state index contributed by atoms with van der Waals surface area (Å²) in [6.45, 7) is 1.76. The number of thiocarbonyl (C=S) groups is 1. The van der Waals surface area contributed by atoms with Crippen molar-refractivity contribution in [2.24, 2.45) is 0 Å². The maximum atomic E-state index is 11.9. The van der Waals surface area contributed by atoms with Gasteiger partial charge in [0.25, 0.3) is 5.91 Å². The van der Waals surface area contributed by atoms with Crippen LogP contribution in [0.1, 0.15) is 11.1 Å². The summed E-state index contributed by atoms with van der Waals surface area (Å²) in [5.41, 5.74) is 2.53. The van der Waals surface area contributed by atoms with Crippen LogP contribution in [0.2, 0.25) is 0 Å². The molecule has 0 spiro atoms. The smallest absolute Gasteiger partial charge is 0.264 e. The van der Waals surface area contributed by atoms with Gasteiger partial charge in [-0.25, -0.2) is 0 Å². The van der Waals surface area contributed by atoms with Gasteiger partial charge in [0.05, 0.1) is 11.1 Å². The first-order chi connectivity index (χ1) is 11.5. The molecule has 0 aliphatic heterocycles. The number of carbonyl (C=O) groups is 1. The Morgan fingerprint density at radius 1 is 1.29 bits per heavy atom. The highest BCUT2D eigenvalue weighted by Crippen LogP contribution is 2.25. The highest BCUT2D eigenvalue weighted by atomic mass is 79.9. The van der Waals surface area contributed by atoms with Gasteiger partial charge in [0.1, 0.15) is 5.75 Å². The summed E-state index contributed by atoms with van der Waals surface area (Å²) in [5.74, 6) is 0.226. The molecule has 3 N–H and O–H groups in total. The zero-order chi connectivity index (χ0) is 17.5. The molecule has 2 aromatic carbocycles. The van der Waals surface area contributed by atoms with Crippen LogP contribution in [-0.4, -0.2) is 22.7 Å². The van der Waals surface area contributed by atoms with Crippen molar-refractivity contribution in [1.82, 2.24) is 5.32 Å². The van der Waals surface area contributed by atoms with Crippen molar-refractivity contribution in [1.29, 1.82) is 0 Å². The van der Waals surface area contributed by atoms with E-state index in [-0.39, 0.29) is 24.2 Å². The van der Waals surface area contributed by atoms with E-state index in [9.17, 15) is 4.79 Å². The lowest BCUT2D eigenvalue weighted by molar-refractivity contribution is -0.121. The van der Waals surface area contributed by atoms with Crippen LogP contribution in [0.4, 0.5) is 5.69 Å². The summed E-state index contributed by atoms with van der Waals surface area (Å²) < 4.78 is 6.25. The van der Waals surface area contributed by atoms with E-state index in [0.717, 1.165) is 15.6 Å². The Bertz CT molecular complexity index is 752. The first-order valence-electron chi connectivity index (χ1n) is 7.17. The molecule has 0 aliphatic carbocycles. The van der Waals surface area contributed by atoms with Crippen LogP contribution in [0.15, 0.2) is 46.9 Å². The van der Waals surface area contributed by atoms with Gasteiger partial charge in [-0.1, -0.05) is 18.2 Å². The fourth-order valence-corrected chi connectivity index (χ4v) is 2.78. The average molecular weight is 409 g/mol. The Morgan fingerprint density at radius 3 is 2.79 bits per heavy atom. The minimum Gasteiger partial charge on any atom is -0.483 e. The van der Waals surface area contributed by atoms with Gasteiger partial charge in [-0.3, -0.25) is 10.1 Å². The Balaban J connectivity index is 1.84. The normalized spacial score (nSPS) is 10.1. The molecule has 0 saturated heterocycles. The second-order valence-corrected chi connectivity index (χ2v) is 6.35. The Kier molecular flexibility index (Phi) is 6.72. The molecule has 2 rings (SSSR count). The molecule has 0 atom stereocenters. The maximum absolute atomic E-state index is 11.9. The van der Waals surface area contributed by atoms with E-state index < -0.39 is 0 Å². The van der Waals surface area contributed by atoms with Gasteiger partial charge in [-0.15, -0.1) is 0 Å². The van der Waals surface area contributed by atoms with Crippen LogP contribution >= 0.6 is 28.1 Å². The summed E-state index contributed by atoms with van der Waals surface area (Å²) >= 11 is 8.49. The number of aliphatic hydroxyl groups is 1. The second-order valence-electron chi connectivity index (χ2n) is 5.08. The molecule has 0 radical (unpaired) electrons. The molecule has 1 amide bonds. The fourth-order valence-electron chi connectivity index (χ4n) is 1.94. The molecule has 0 heterocycles. The van der Waals surface area contributed by atoms with Crippen LogP contribution < -0.4 is 15.4 Å². The summed E-state index contributed by atoms with van der Waals surface area (Å²) in [7, 11) is 0. The first-order valence-corrected chi connectivity index (χ1v) is 8.37. The topological polar surface area (TPSA) is 70.6 Å². The number of hydrogen-bond donors (Lipinski definition) is 3. The highest BCUT2D eigenvalue weighted by Gasteiger charge is 2.08. The molecule has 0 bridgehead atoms. The van der Waals surface area contributed by atoms with Crippen LogP contribution in [-0.2, 0) is 11.4 Å². The lowest BCUT2D eigenvalue weighted by atomic mass is 10.2. The minimum absolute atomic E-state index is 0.0616. The third-order valence-corrected chi connectivity index (χ3v) is 3.89. The lowest BCUT2D eigenvalue weighted by Crippen LogP contribution is -2.37. The fraction of sp³-hybridized carbons (Fsp3) is 0.176. The predicted octanol–water partition coefficient (Wildman–Crippen LogP) is 3.14. The average Bonchev–Trinajstić information content (AvgIpc) is 2.54. The van der Waals surface area contributed by atoms with Gasteiger partial charge in [0, 0.05) is 5.69 Å². The van der Waals surface area contributed by atoms with Crippen molar-refractivity contribution in [2.75, 3.05) is 11.9 Å². The number of hydrogen-bond acceptors (Lipinski definition) is 4. The second kappa shape index (κ2) is 8.77. The molecule has 24 heavy (non-hydrogen) atoms. The predicted molar refractivity (Wildman–Crippen MR) is 101 cm³/mol. The van der Waals surface area contributed by atoms with Gasteiger partial charge in [0.15, 0.2) is 11.7 Å². The molecular weight excluding hydrogens is 392 g/mol. The Hall–Kier alpha value is -1.96. The number of rotatable bonds is 5. The number of aliphatic hydroxyl groups excluding tert-OH is 1. The Labute approximate surface area is 154 Å². The van der Waals surface area contributed by atoms with Crippen LogP contribution in [0.5, 0.6) is 5.75 Å². The SMILES string of the molecule is Cc1ccc(OCC(=O)NC(=S)Nc2cccc(CO)c2)c(Br)c1. The van der Waals surface area contributed by atoms with Crippen molar-refractivity contribution in [3.63, 3.8) is 0 Å². The van der Waals surface area contributed by atoms with Crippen molar-refractivity contribution >= 4 is 44.9 Å². The Morgan fingerprint density at radius 2 is 2.08 bits per heavy atom. The molecule has 5 nitrogen and oxygen atoms in total. The lowest BCUT2D eigenvalue weighted by Gasteiger charge is -2.12. The largest absolute Gasteiger partial charge is 0.483 e. The summed E-state index contributed by atoms with van der Waals surface area (Å²) in [4.78, 5) is 11.9. The summed E-state index contributed by atoms with van der Waals surface area (Å²) in [6, 6.07) is 12.7. The third kappa shape index (κ3) is 5.59. The molecule has 2 aromatic rings. The number of carbonyl (C=O) groups excluding carboxylic acids is 1. The van der Waals surface area contributed by atoms with Crippen molar-refractivity contribution in [3.05, 3.63) is 58.1 Å². The number of aryl methyl sites for hydroxylation is 1. The van der Waals surface area contributed by atoms with Crippen LogP contribution in [0, 0.1) is 6.92 Å². The van der Waals surface area contributed by atoms with Gasteiger partial charge in [-0.2, -0.15) is 0 Å².